The summed E-state index contributed by atoms with van der Waals surface area (Å²) in [4.78, 5) is 1.82. The van der Waals surface area contributed by atoms with E-state index in [4.69, 9.17) is 23.8 Å². The fourth-order valence-corrected chi connectivity index (χ4v) is 5.60. The van der Waals surface area contributed by atoms with E-state index in [0.29, 0.717) is 10.1 Å². The van der Waals surface area contributed by atoms with Crippen molar-refractivity contribution in [1.82, 2.24) is 5.32 Å². The lowest BCUT2D eigenvalue weighted by molar-refractivity contribution is 0.600. The van der Waals surface area contributed by atoms with Gasteiger partial charge in [0, 0.05) is 4.47 Å². The molecule has 0 saturated carbocycles. The molecule has 0 aromatic heterocycles. The van der Waals surface area contributed by atoms with Gasteiger partial charge in [0.2, 0.25) is 0 Å². The maximum Gasteiger partial charge on any atom is 0.174 e. The predicted octanol–water partition coefficient (Wildman–Crippen LogP) is 1.96. The monoisotopic (exact) mass is 380 g/mol. The third-order valence-corrected chi connectivity index (χ3v) is 6.18. The first kappa shape index (κ1) is 13.6. The molecular weight excluding hydrogens is 372 g/mol. The van der Waals surface area contributed by atoms with E-state index in [2.05, 4.69) is 21.2 Å². The van der Waals surface area contributed by atoms with Crippen molar-refractivity contribution in [2.45, 2.75) is 12.1 Å². The highest BCUT2D eigenvalue weighted by Crippen LogP contribution is 2.35. The molecule has 1 N–H and O–H groups in total. The van der Waals surface area contributed by atoms with Crippen LogP contribution in [0.3, 0.4) is 0 Å². The third kappa shape index (κ3) is 2.37. The van der Waals surface area contributed by atoms with Gasteiger partial charge in [0.05, 0.1) is 34.3 Å². The van der Waals surface area contributed by atoms with Gasteiger partial charge >= 0.3 is 0 Å². The standard InChI is InChI=1S/C11H10BrClN2O2S2/c12-6-1-2-9(7(13)3-6)15-10-5-19(16,17)4-8(10)14-11(15)18/h1-3,8,10H,4-5H2,(H,14,18)/t8-,10+/m1/s1. The summed E-state index contributed by atoms with van der Waals surface area (Å²) in [6, 6.07) is 5.17. The molecule has 3 rings (SSSR count). The molecule has 8 heteroatoms. The van der Waals surface area contributed by atoms with Crippen molar-refractivity contribution in [3.8, 4) is 0 Å². The van der Waals surface area contributed by atoms with Crippen molar-refractivity contribution in [1.29, 1.82) is 0 Å². The Morgan fingerprint density at radius 1 is 1.42 bits per heavy atom. The molecule has 0 aliphatic carbocycles. The molecule has 2 heterocycles. The molecule has 2 fully saturated rings. The Hall–Kier alpha value is -0.370. The number of fused-ring (bicyclic) bond motifs is 1. The Labute approximate surface area is 130 Å². The summed E-state index contributed by atoms with van der Waals surface area (Å²) >= 11 is 14.9. The average molecular weight is 382 g/mol. The topological polar surface area (TPSA) is 49.4 Å². The molecule has 0 bridgehead atoms. The summed E-state index contributed by atoms with van der Waals surface area (Å²) in [5, 5.41) is 4.15. The second-order valence-corrected chi connectivity index (χ2v) is 8.53. The molecule has 2 atom stereocenters. The van der Waals surface area contributed by atoms with Gasteiger partial charge < -0.3 is 10.2 Å². The van der Waals surface area contributed by atoms with Crippen molar-refractivity contribution >= 4 is 60.4 Å². The molecule has 4 nitrogen and oxygen atoms in total. The van der Waals surface area contributed by atoms with Crippen LogP contribution < -0.4 is 10.2 Å². The van der Waals surface area contributed by atoms with Crippen LogP contribution in [-0.4, -0.2) is 37.1 Å². The smallest absolute Gasteiger partial charge is 0.174 e. The van der Waals surface area contributed by atoms with Crippen LogP contribution in [0.15, 0.2) is 22.7 Å². The number of sulfone groups is 1. The fraction of sp³-hybridized carbons (Fsp3) is 0.364. The van der Waals surface area contributed by atoms with Crippen LogP contribution in [0.1, 0.15) is 0 Å². The Bertz CT molecular complexity index is 665. The molecule has 0 amide bonds. The molecular formula is C11H10BrClN2O2S2. The van der Waals surface area contributed by atoms with Gasteiger partial charge in [0.25, 0.3) is 0 Å². The number of benzene rings is 1. The van der Waals surface area contributed by atoms with E-state index in [1.807, 2.05) is 17.0 Å². The van der Waals surface area contributed by atoms with Crippen molar-refractivity contribution in [2.24, 2.45) is 0 Å². The summed E-state index contributed by atoms with van der Waals surface area (Å²) < 4.78 is 24.3. The van der Waals surface area contributed by atoms with Gasteiger partial charge in [0.15, 0.2) is 14.9 Å². The SMILES string of the molecule is O=S1(=O)C[C@H]2NC(=S)N(c3ccc(Br)cc3Cl)[C@H]2C1. The van der Waals surface area contributed by atoms with Crippen LogP contribution in [0.25, 0.3) is 0 Å². The average Bonchev–Trinajstić information content (AvgIpc) is 2.70. The van der Waals surface area contributed by atoms with E-state index in [9.17, 15) is 8.42 Å². The molecule has 0 radical (unpaired) electrons. The zero-order chi connectivity index (χ0) is 13.8. The minimum Gasteiger partial charge on any atom is -0.356 e. The molecule has 2 aliphatic heterocycles. The van der Waals surface area contributed by atoms with Crippen LogP contribution in [0.5, 0.6) is 0 Å². The van der Waals surface area contributed by atoms with Gasteiger partial charge in [-0.2, -0.15) is 0 Å². The first-order valence-electron chi connectivity index (χ1n) is 5.62. The zero-order valence-corrected chi connectivity index (χ0v) is 13.6. The highest BCUT2D eigenvalue weighted by atomic mass is 79.9. The molecule has 19 heavy (non-hydrogen) atoms. The second-order valence-electron chi connectivity index (χ2n) is 4.67. The number of nitrogens with zero attached hydrogens (tertiary/aromatic N) is 1. The molecule has 1 aromatic carbocycles. The largest absolute Gasteiger partial charge is 0.356 e. The Kier molecular flexibility index (Phi) is 3.28. The number of rotatable bonds is 1. The molecule has 2 aliphatic rings. The number of hydrogen-bond acceptors (Lipinski definition) is 3. The first-order valence-corrected chi connectivity index (χ1v) is 9.03. The van der Waals surface area contributed by atoms with Crippen LogP contribution >= 0.6 is 39.7 Å². The second kappa shape index (κ2) is 4.58. The van der Waals surface area contributed by atoms with E-state index in [1.54, 1.807) is 6.07 Å². The number of anilines is 1. The van der Waals surface area contributed by atoms with Gasteiger partial charge in [-0.15, -0.1) is 0 Å². The normalized spacial score (nSPS) is 28.3. The predicted molar refractivity (Wildman–Crippen MR) is 83.6 cm³/mol. The van der Waals surface area contributed by atoms with E-state index in [0.717, 1.165) is 10.2 Å². The summed E-state index contributed by atoms with van der Waals surface area (Å²) in [5.41, 5.74) is 0.743. The minimum absolute atomic E-state index is 0.108. The van der Waals surface area contributed by atoms with Gasteiger partial charge in [-0.05, 0) is 30.4 Å². The third-order valence-electron chi connectivity index (χ3n) is 3.35. The van der Waals surface area contributed by atoms with Crippen molar-refractivity contribution in [3.05, 3.63) is 27.7 Å². The highest BCUT2D eigenvalue weighted by molar-refractivity contribution is 9.10. The van der Waals surface area contributed by atoms with E-state index in [1.165, 1.54) is 0 Å². The van der Waals surface area contributed by atoms with Crippen LogP contribution in [0, 0.1) is 0 Å². The maximum atomic E-state index is 11.7. The number of thiocarbonyl (C=S) groups is 1. The van der Waals surface area contributed by atoms with Crippen LogP contribution in [0.4, 0.5) is 5.69 Å². The fourth-order valence-electron chi connectivity index (χ4n) is 2.56. The molecule has 102 valence electrons. The highest BCUT2D eigenvalue weighted by Gasteiger charge is 2.48. The lowest BCUT2D eigenvalue weighted by atomic mass is 10.1. The van der Waals surface area contributed by atoms with Gasteiger partial charge in [-0.3, -0.25) is 0 Å². The molecule has 0 spiro atoms. The number of nitrogens with one attached hydrogen (secondary N) is 1. The molecule has 1 aromatic rings. The van der Waals surface area contributed by atoms with Crippen molar-refractivity contribution in [2.75, 3.05) is 16.4 Å². The number of hydrogen-bond donors (Lipinski definition) is 1. The summed E-state index contributed by atoms with van der Waals surface area (Å²) in [6.45, 7) is 0. The van der Waals surface area contributed by atoms with Crippen LogP contribution in [-0.2, 0) is 9.84 Å². The first-order chi connectivity index (χ1) is 8.87. The van der Waals surface area contributed by atoms with Gasteiger partial charge in [-0.1, -0.05) is 27.5 Å². The zero-order valence-electron chi connectivity index (χ0n) is 9.64. The van der Waals surface area contributed by atoms with E-state index < -0.39 is 9.84 Å². The summed E-state index contributed by atoms with van der Waals surface area (Å²) in [6.07, 6.45) is 0. The quantitative estimate of drug-likeness (QED) is 0.754. The van der Waals surface area contributed by atoms with Crippen molar-refractivity contribution in [3.63, 3.8) is 0 Å². The Morgan fingerprint density at radius 2 is 2.16 bits per heavy atom. The Morgan fingerprint density at radius 3 is 2.84 bits per heavy atom. The summed E-state index contributed by atoms with van der Waals surface area (Å²) in [5.74, 6) is 0.236. The maximum absolute atomic E-state index is 11.7. The van der Waals surface area contributed by atoms with E-state index >= 15 is 0 Å². The molecule has 0 unspecified atom stereocenters. The lowest BCUT2D eigenvalue weighted by Crippen LogP contribution is -2.37. The minimum atomic E-state index is -3.01. The lowest BCUT2D eigenvalue weighted by Gasteiger charge is -2.24. The molecule has 2 saturated heterocycles. The van der Waals surface area contributed by atoms with Gasteiger partial charge in [-0.25, -0.2) is 8.42 Å². The van der Waals surface area contributed by atoms with Crippen LogP contribution in [0.2, 0.25) is 5.02 Å². The number of halogens is 2. The van der Waals surface area contributed by atoms with E-state index in [-0.39, 0.29) is 23.6 Å². The van der Waals surface area contributed by atoms with Crippen molar-refractivity contribution < 1.29 is 8.42 Å². The van der Waals surface area contributed by atoms with Gasteiger partial charge in [0.1, 0.15) is 0 Å². The summed E-state index contributed by atoms with van der Waals surface area (Å²) in [7, 11) is -3.01. The Balaban J connectivity index is 2.02.